The molecule has 0 spiro atoms. The maximum absolute atomic E-state index is 9.32. The van der Waals surface area contributed by atoms with Crippen molar-refractivity contribution in [3.8, 4) is 17.5 Å². The zero-order chi connectivity index (χ0) is 16.5. The quantitative estimate of drug-likeness (QED) is 0.428. The summed E-state index contributed by atoms with van der Waals surface area (Å²) in [4.78, 5) is 4.42. The Kier molecular flexibility index (Phi) is 3.22. The average Bonchev–Trinajstić information content (AvgIpc) is 2.66. The highest BCUT2D eigenvalue weighted by molar-refractivity contribution is 5.85. The number of nitrogens with zero attached hydrogens (tertiary/aromatic N) is 3. The minimum Gasteiger partial charge on any atom is -0.454 e. The molecular weight excluding hydrogens is 302 g/mol. The second-order valence-electron chi connectivity index (χ2n) is 5.34. The van der Waals surface area contributed by atoms with E-state index in [9.17, 15) is 5.21 Å². The van der Waals surface area contributed by atoms with Gasteiger partial charge in [0.25, 0.3) is 0 Å². The Labute approximate surface area is 136 Å². The van der Waals surface area contributed by atoms with Crippen LogP contribution in [0.25, 0.3) is 33.2 Å². The van der Waals surface area contributed by atoms with Crippen LogP contribution in [0.2, 0.25) is 0 Å². The van der Waals surface area contributed by atoms with Gasteiger partial charge in [0.15, 0.2) is 5.76 Å². The Morgan fingerprint density at radius 1 is 1.04 bits per heavy atom. The van der Waals surface area contributed by atoms with Crippen LogP contribution in [0.5, 0.6) is 0 Å². The van der Waals surface area contributed by atoms with Crippen LogP contribution in [0, 0.1) is 11.3 Å². The van der Waals surface area contributed by atoms with Gasteiger partial charge in [0.05, 0.1) is 11.6 Å². The third-order valence-electron chi connectivity index (χ3n) is 3.86. The molecule has 0 aliphatic rings. The van der Waals surface area contributed by atoms with Crippen molar-refractivity contribution in [3.05, 3.63) is 71.7 Å². The Morgan fingerprint density at radius 3 is 2.67 bits per heavy atom. The number of fused-ring (bicyclic) bond motifs is 2. The molecule has 0 radical (unpaired) electrons. The number of hydrogen-bond acceptors (Lipinski definition) is 5. The van der Waals surface area contributed by atoms with Gasteiger partial charge >= 0.3 is 0 Å². The lowest BCUT2D eigenvalue weighted by Crippen LogP contribution is -2.04. The minimum absolute atomic E-state index is 0.332. The summed E-state index contributed by atoms with van der Waals surface area (Å²) in [5, 5.41) is 24.6. The zero-order valence-corrected chi connectivity index (χ0v) is 12.5. The molecule has 0 fully saturated rings. The molecule has 114 valence electrons. The predicted molar refractivity (Wildman–Crippen MR) is 89.0 cm³/mol. The van der Waals surface area contributed by atoms with Crippen LogP contribution in [-0.4, -0.2) is 10.2 Å². The van der Waals surface area contributed by atoms with Gasteiger partial charge in [-0.2, -0.15) is 5.26 Å². The molecule has 0 bridgehead atoms. The van der Waals surface area contributed by atoms with Crippen molar-refractivity contribution < 1.29 is 9.62 Å². The fourth-order valence-electron chi connectivity index (χ4n) is 2.67. The van der Waals surface area contributed by atoms with E-state index >= 15 is 0 Å². The molecule has 0 saturated carbocycles. The zero-order valence-electron chi connectivity index (χ0n) is 12.5. The van der Waals surface area contributed by atoms with E-state index in [-0.39, 0.29) is 0 Å². The Bertz CT molecular complexity index is 1190. The lowest BCUT2D eigenvalue weighted by molar-refractivity contribution is 0.302. The highest BCUT2D eigenvalue weighted by Crippen LogP contribution is 2.24. The lowest BCUT2D eigenvalue weighted by Gasteiger charge is -2.05. The molecule has 2 aromatic carbocycles. The van der Waals surface area contributed by atoms with E-state index in [0.717, 1.165) is 10.8 Å². The Balaban J connectivity index is 1.97. The first-order chi connectivity index (χ1) is 11.8. The summed E-state index contributed by atoms with van der Waals surface area (Å²) in [6, 6.07) is 18.5. The standard InChI is InChI=1S/C19H11N3O2/c20-10-12-5-6-18-15(7-12)16(22-23)9-19(24-18)17-8-13-3-1-2-4-14(13)11-21-17/h1-9,11,23H. The monoisotopic (exact) mass is 313 g/mol. The first-order valence-electron chi connectivity index (χ1n) is 7.30. The fourth-order valence-corrected chi connectivity index (χ4v) is 2.67. The maximum atomic E-state index is 9.32. The summed E-state index contributed by atoms with van der Waals surface area (Å²) in [7, 11) is 0. The van der Waals surface area contributed by atoms with Gasteiger partial charge in [0.2, 0.25) is 0 Å². The van der Waals surface area contributed by atoms with Gasteiger partial charge in [-0.1, -0.05) is 29.4 Å². The number of rotatable bonds is 1. The summed E-state index contributed by atoms with van der Waals surface area (Å²) in [5.41, 5.74) is 1.64. The second kappa shape index (κ2) is 5.52. The molecule has 0 aliphatic heterocycles. The SMILES string of the molecule is N#Cc1ccc2oc(-c3cc4ccccc4cn3)cc(=NO)c2c1. The Morgan fingerprint density at radius 2 is 1.88 bits per heavy atom. The van der Waals surface area contributed by atoms with Gasteiger partial charge in [-0.05, 0) is 29.7 Å². The predicted octanol–water partition coefficient (Wildman–Crippen LogP) is 3.81. The van der Waals surface area contributed by atoms with Crippen LogP contribution in [0.15, 0.2) is 70.4 Å². The minimum atomic E-state index is 0.332. The molecule has 4 rings (SSSR count). The molecule has 5 heteroatoms. The van der Waals surface area contributed by atoms with E-state index in [1.807, 2.05) is 30.3 Å². The normalized spacial score (nSPS) is 11.7. The van der Waals surface area contributed by atoms with Crippen molar-refractivity contribution >= 4 is 21.7 Å². The molecule has 2 heterocycles. The van der Waals surface area contributed by atoms with Crippen molar-refractivity contribution in [3.63, 3.8) is 0 Å². The van der Waals surface area contributed by atoms with Crippen LogP contribution < -0.4 is 5.36 Å². The third-order valence-corrected chi connectivity index (χ3v) is 3.86. The van der Waals surface area contributed by atoms with Gasteiger partial charge in [0.1, 0.15) is 16.6 Å². The van der Waals surface area contributed by atoms with Gasteiger partial charge in [-0.25, -0.2) is 0 Å². The van der Waals surface area contributed by atoms with E-state index in [1.165, 1.54) is 0 Å². The molecule has 0 aliphatic carbocycles. The van der Waals surface area contributed by atoms with Crippen molar-refractivity contribution in [2.45, 2.75) is 0 Å². The third kappa shape index (κ3) is 2.27. The molecule has 5 nitrogen and oxygen atoms in total. The highest BCUT2D eigenvalue weighted by atomic mass is 16.4. The van der Waals surface area contributed by atoms with Crippen molar-refractivity contribution in [1.29, 1.82) is 5.26 Å². The molecule has 0 amide bonds. The highest BCUT2D eigenvalue weighted by Gasteiger charge is 2.09. The first-order valence-corrected chi connectivity index (χ1v) is 7.30. The molecule has 4 aromatic rings. The van der Waals surface area contributed by atoms with E-state index in [0.29, 0.717) is 33.3 Å². The maximum Gasteiger partial charge on any atom is 0.155 e. The number of benzene rings is 2. The molecular formula is C19H11N3O2. The van der Waals surface area contributed by atoms with Crippen LogP contribution in [-0.2, 0) is 0 Å². The van der Waals surface area contributed by atoms with Crippen molar-refractivity contribution in [2.75, 3.05) is 0 Å². The van der Waals surface area contributed by atoms with Gasteiger partial charge in [-0.15, -0.1) is 0 Å². The first kappa shape index (κ1) is 14.0. The topological polar surface area (TPSA) is 82.4 Å². The van der Waals surface area contributed by atoms with E-state index in [1.54, 1.807) is 30.5 Å². The largest absolute Gasteiger partial charge is 0.454 e. The number of nitriles is 1. The van der Waals surface area contributed by atoms with Gasteiger partial charge < -0.3 is 9.62 Å². The van der Waals surface area contributed by atoms with Crippen molar-refractivity contribution in [2.24, 2.45) is 5.16 Å². The van der Waals surface area contributed by atoms with E-state index in [4.69, 9.17) is 9.68 Å². The number of pyridine rings is 1. The summed E-state index contributed by atoms with van der Waals surface area (Å²) in [6.45, 7) is 0. The molecule has 1 N–H and O–H groups in total. The fraction of sp³-hybridized carbons (Fsp3) is 0. The summed E-state index contributed by atoms with van der Waals surface area (Å²) in [5.74, 6) is 0.491. The summed E-state index contributed by atoms with van der Waals surface area (Å²) < 4.78 is 5.90. The van der Waals surface area contributed by atoms with Gasteiger partial charge in [0, 0.05) is 23.0 Å². The van der Waals surface area contributed by atoms with Crippen LogP contribution in [0.4, 0.5) is 0 Å². The Hall–Kier alpha value is -3.65. The summed E-state index contributed by atoms with van der Waals surface area (Å²) in [6.07, 6.45) is 1.78. The smallest absolute Gasteiger partial charge is 0.155 e. The van der Waals surface area contributed by atoms with E-state index in [2.05, 4.69) is 16.2 Å². The van der Waals surface area contributed by atoms with Gasteiger partial charge in [-0.3, -0.25) is 4.98 Å². The number of hydrogen-bond donors (Lipinski definition) is 1. The molecule has 0 saturated heterocycles. The van der Waals surface area contributed by atoms with Crippen LogP contribution >= 0.6 is 0 Å². The second-order valence-corrected chi connectivity index (χ2v) is 5.34. The van der Waals surface area contributed by atoms with E-state index < -0.39 is 0 Å². The van der Waals surface area contributed by atoms with Crippen molar-refractivity contribution in [1.82, 2.24) is 4.98 Å². The molecule has 0 unspecified atom stereocenters. The van der Waals surface area contributed by atoms with Crippen LogP contribution in [0.1, 0.15) is 5.56 Å². The molecule has 0 atom stereocenters. The molecule has 2 aromatic heterocycles. The molecule has 24 heavy (non-hydrogen) atoms. The lowest BCUT2D eigenvalue weighted by atomic mass is 10.1. The van der Waals surface area contributed by atoms with Crippen LogP contribution in [0.3, 0.4) is 0 Å². The number of aromatic nitrogens is 1. The average molecular weight is 313 g/mol. The summed E-state index contributed by atoms with van der Waals surface area (Å²) >= 11 is 0.